The highest BCUT2D eigenvalue weighted by molar-refractivity contribution is 14.1. The molecule has 0 saturated carbocycles. The molecule has 0 amide bonds. The van der Waals surface area contributed by atoms with Gasteiger partial charge in [-0.05, 0) is 40.3 Å². The molecule has 4 heteroatoms. The van der Waals surface area contributed by atoms with Crippen molar-refractivity contribution in [3.63, 3.8) is 0 Å². The molecule has 1 unspecified atom stereocenters. The topological polar surface area (TPSA) is 21.3 Å². The van der Waals surface area contributed by atoms with Crippen molar-refractivity contribution in [1.82, 2.24) is 5.32 Å². The van der Waals surface area contributed by atoms with E-state index in [1.807, 2.05) is 12.1 Å². The van der Waals surface area contributed by atoms with E-state index in [9.17, 15) is 0 Å². The van der Waals surface area contributed by atoms with E-state index in [2.05, 4.69) is 56.0 Å². The molecule has 0 spiro atoms. The Bertz CT molecular complexity index is 326. The van der Waals surface area contributed by atoms with E-state index in [1.54, 1.807) is 0 Å². The highest BCUT2D eigenvalue weighted by Gasteiger charge is 2.31. The maximum atomic E-state index is 5.81. The third-order valence-electron chi connectivity index (χ3n) is 2.22. The minimum absolute atomic E-state index is 0.209. The average Bonchev–Trinajstić information content (AvgIpc) is 2.19. The van der Waals surface area contributed by atoms with E-state index >= 15 is 0 Å². The second-order valence-electron chi connectivity index (χ2n) is 3.26. The standard InChI is InChI=1S/C10H11BrINO/c11-9-3-1-2-8(6-9)10(12)7-13-4-5-14-10/h1-3,6,13H,4-5,7H2. The molecule has 1 aromatic carbocycles. The fraction of sp³-hybridized carbons (Fsp3) is 0.400. The van der Waals surface area contributed by atoms with Crippen LogP contribution in [0.2, 0.25) is 0 Å². The molecule has 76 valence electrons. The lowest BCUT2D eigenvalue weighted by molar-refractivity contribution is 0.0128. The van der Waals surface area contributed by atoms with Crippen molar-refractivity contribution in [2.45, 2.75) is 3.61 Å². The summed E-state index contributed by atoms with van der Waals surface area (Å²) in [5, 5.41) is 3.35. The molecule has 1 N–H and O–H groups in total. The number of morpholine rings is 1. The Morgan fingerprint density at radius 3 is 3.00 bits per heavy atom. The number of alkyl halides is 1. The zero-order chi connectivity index (χ0) is 10.0. The fourth-order valence-electron chi connectivity index (χ4n) is 1.49. The van der Waals surface area contributed by atoms with Crippen LogP contribution < -0.4 is 5.32 Å². The van der Waals surface area contributed by atoms with Crippen molar-refractivity contribution in [3.05, 3.63) is 34.3 Å². The summed E-state index contributed by atoms with van der Waals surface area (Å²) in [6.45, 7) is 2.58. The van der Waals surface area contributed by atoms with Gasteiger partial charge in [-0.25, -0.2) is 0 Å². The molecule has 0 radical (unpaired) electrons. The van der Waals surface area contributed by atoms with Crippen molar-refractivity contribution in [1.29, 1.82) is 0 Å². The summed E-state index contributed by atoms with van der Waals surface area (Å²) >= 11 is 5.84. The predicted molar refractivity (Wildman–Crippen MR) is 68.7 cm³/mol. The third-order valence-corrected chi connectivity index (χ3v) is 4.03. The number of halogens is 2. The summed E-state index contributed by atoms with van der Waals surface area (Å²) in [6.07, 6.45) is 0. The van der Waals surface area contributed by atoms with Gasteiger partial charge in [0.1, 0.15) is 0 Å². The quantitative estimate of drug-likeness (QED) is 0.608. The van der Waals surface area contributed by atoms with Crippen molar-refractivity contribution in [3.8, 4) is 0 Å². The van der Waals surface area contributed by atoms with Gasteiger partial charge in [-0.1, -0.05) is 28.1 Å². The van der Waals surface area contributed by atoms with Crippen molar-refractivity contribution < 1.29 is 4.74 Å². The second-order valence-corrected chi connectivity index (χ2v) is 5.92. The first-order valence-corrected chi connectivity index (χ1v) is 6.37. The fourth-order valence-corrected chi connectivity index (χ4v) is 2.72. The van der Waals surface area contributed by atoms with Gasteiger partial charge in [-0.15, -0.1) is 0 Å². The number of benzene rings is 1. The van der Waals surface area contributed by atoms with Crippen molar-refractivity contribution in [2.75, 3.05) is 19.7 Å². The van der Waals surface area contributed by atoms with Crippen LogP contribution in [0.15, 0.2) is 28.7 Å². The van der Waals surface area contributed by atoms with Gasteiger partial charge in [-0.2, -0.15) is 0 Å². The van der Waals surface area contributed by atoms with Crippen LogP contribution in [0.4, 0.5) is 0 Å². The first-order chi connectivity index (χ1) is 6.71. The monoisotopic (exact) mass is 367 g/mol. The van der Waals surface area contributed by atoms with E-state index in [0.717, 1.165) is 24.2 Å². The number of hydrogen-bond donors (Lipinski definition) is 1. The molecule has 0 aliphatic carbocycles. The van der Waals surface area contributed by atoms with E-state index in [0.29, 0.717) is 0 Å². The molecule has 1 fully saturated rings. The second kappa shape index (κ2) is 4.47. The number of ether oxygens (including phenoxy) is 1. The zero-order valence-electron chi connectivity index (χ0n) is 7.59. The normalized spacial score (nSPS) is 27.6. The van der Waals surface area contributed by atoms with Gasteiger partial charge in [0.2, 0.25) is 0 Å². The molecule has 1 heterocycles. The molecule has 14 heavy (non-hydrogen) atoms. The minimum Gasteiger partial charge on any atom is -0.358 e. The first kappa shape index (κ1) is 10.9. The lowest BCUT2D eigenvalue weighted by Crippen LogP contribution is -2.43. The molecular weight excluding hydrogens is 357 g/mol. The van der Waals surface area contributed by atoms with E-state index in [-0.39, 0.29) is 3.61 Å². The van der Waals surface area contributed by atoms with E-state index < -0.39 is 0 Å². The van der Waals surface area contributed by atoms with E-state index in [4.69, 9.17) is 4.74 Å². The Balaban J connectivity index is 2.28. The lowest BCUT2D eigenvalue weighted by atomic mass is 10.1. The lowest BCUT2D eigenvalue weighted by Gasteiger charge is -2.33. The molecular formula is C10H11BrINO. The Morgan fingerprint density at radius 1 is 1.50 bits per heavy atom. The van der Waals surface area contributed by atoms with Gasteiger partial charge in [0.25, 0.3) is 0 Å². The number of nitrogens with one attached hydrogen (secondary N) is 1. The summed E-state index contributed by atoms with van der Waals surface area (Å²) in [4.78, 5) is 0. The van der Waals surface area contributed by atoms with Crippen LogP contribution >= 0.6 is 38.5 Å². The summed E-state index contributed by atoms with van der Waals surface area (Å²) in [5.41, 5.74) is 1.21. The first-order valence-electron chi connectivity index (χ1n) is 4.50. The summed E-state index contributed by atoms with van der Waals surface area (Å²) in [6, 6.07) is 8.28. The molecule has 1 aliphatic heterocycles. The van der Waals surface area contributed by atoms with Crippen LogP contribution in [0.5, 0.6) is 0 Å². The highest BCUT2D eigenvalue weighted by Crippen LogP contribution is 2.35. The molecule has 0 bridgehead atoms. The summed E-state index contributed by atoms with van der Waals surface area (Å²) in [7, 11) is 0. The van der Waals surface area contributed by atoms with Gasteiger partial charge in [-0.3, -0.25) is 0 Å². The van der Waals surface area contributed by atoms with Gasteiger partial charge in [0.15, 0.2) is 3.61 Å². The van der Waals surface area contributed by atoms with Crippen LogP contribution in [0.1, 0.15) is 5.56 Å². The predicted octanol–water partition coefficient (Wildman–Crippen LogP) is 2.66. The van der Waals surface area contributed by atoms with Crippen molar-refractivity contribution in [2.24, 2.45) is 0 Å². The molecule has 1 aliphatic rings. The van der Waals surface area contributed by atoms with Crippen LogP contribution in [0.3, 0.4) is 0 Å². The smallest absolute Gasteiger partial charge is 0.156 e. The maximum absolute atomic E-state index is 5.81. The third kappa shape index (κ3) is 2.29. The van der Waals surface area contributed by atoms with Crippen LogP contribution in [0.25, 0.3) is 0 Å². The Morgan fingerprint density at radius 2 is 2.36 bits per heavy atom. The minimum atomic E-state index is -0.209. The van der Waals surface area contributed by atoms with Gasteiger partial charge in [0.05, 0.1) is 6.61 Å². The largest absolute Gasteiger partial charge is 0.358 e. The van der Waals surface area contributed by atoms with Crippen LogP contribution in [0, 0.1) is 0 Å². The Hall–Kier alpha value is 0.350. The van der Waals surface area contributed by atoms with E-state index in [1.165, 1.54) is 5.56 Å². The SMILES string of the molecule is Brc1cccc(C2(I)CNCCO2)c1. The molecule has 2 rings (SSSR count). The van der Waals surface area contributed by atoms with Crippen LogP contribution in [-0.4, -0.2) is 19.7 Å². The van der Waals surface area contributed by atoms with Gasteiger partial charge >= 0.3 is 0 Å². The summed E-state index contributed by atoms with van der Waals surface area (Å²) < 4.78 is 6.70. The highest BCUT2D eigenvalue weighted by atomic mass is 127. The molecule has 2 nitrogen and oxygen atoms in total. The van der Waals surface area contributed by atoms with Crippen LogP contribution in [-0.2, 0) is 8.34 Å². The average molecular weight is 368 g/mol. The summed E-state index contributed by atoms with van der Waals surface area (Å²) in [5.74, 6) is 0. The van der Waals surface area contributed by atoms with Crippen molar-refractivity contribution >= 4 is 38.5 Å². The zero-order valence-corrected chi connectivity index (χ0v) is 11.3. The molecule has 1 saturated heterocycles. The molecule has 1 aromatic rings. The Labute approximate surface area is 106 Å². The Kier molecular flexibility index (Phi) is 3.46. The van der Waals surface area contributed by atoms with Gasteiger partial charge in [0, 0.05) is 17.6 Å². The maximum Gasteiger partial charge on any atom is 0.156 e. The molecule has 0 aromatic heterocycles. The molecule has 1 atom stereocenters. The van der Waals surface area contributed by atoms with Gasteiger partial charge < -0.3 is 10.1 Å². The number of hydrogen-bond acceptors (Lipinski definition) is 2. The number of rotatable bonds is 1.